The lowest BCUT2D eigenvalue weighted by Crippen LogP contribution is -2.59. The molecule has 3 fully saturated rings. The Balaban J connectivity index is 1.48. The molecule has 6 heteroatoms. The van der Waals surface area contributed by atoms with Crippen molar-refractivity contribution in [2.24, 2.45) is 11.8 Å². The van der Waals surface area contributed by atoms with Crippen molar-refractivity contribution in [3.05, 3.63) is 0 Å². The zero-order valence-corrected chi connectivity index (χ0v) is 16.3. The third-order valence-electron chi connectivity index (χ3n) is 6.19. The summed E-state index contributed by atoms with van der Waals surface area (Å²) in [5.41, 5.74) is 0. The van der Waals surface area contributed by atoms with Gasteiger partial charge in [0.1, 0.15) is 0 Å². The van der Waals surface area contributed by atoms with E-state index < -0.39 is 5.97 Å². The van der Waals surface area contributed by atoms with Crippen molar-refractivity contribution in [1.82, 2.24) is 15.1 Å². The molecule has 0 aromatic rings. The van der Waals surface area contributed by atoms with Crippen LogP contribution in [0.2, 0.25) is 0 Å². The molecule has 1 heterocycles. The fraction of sp³-hybridized carbons (Fsp3) is 0.900. The van der Waals surface area contributed by atoms with Crippen LogP contribution < -0.4 is 5.32 Å². The van der Waals surface area contributed by atoms with E-state index in [9.17, 15) is 9.59 Å². The molecule has 0 radical (unpaired) electrons. The molecular weight excluding hydrogens is 330 g/mol. The number of carbonyl (C=O) groups is 2. The molecule has 0 aromatic carbocycles. The van der Waals surface area contributed by atoms with E-state index in [1.165, 1.54) is 32.1 Å². The number of amides is 1. The predicted octanol–water partition coefficient (Wildman–Crippen LogP) is 1.94. The molecule has 2 N–H and O–H groups in total. The maximum Gasteiger partial charge on any atom is 0.317 e. The molecule has 6 nitrogen and oxygen atoms in total. The Morgan fingerprint density at radius 3 is 2.35 bits per heavy atom. The summed E-state index contributed by atoms with van der Waals surface area (Å²) in [6.45, 7) is 7.35. The molecule has 148 valence electrons. The first kappa shape index (κ1) is 19.6. The molecule has 0 aromatic heterocycles. The van der Waals surface area contributed by atoms with Crippen molar-refractivity contribution < 1.29 is 14.7 Å². The van der Waals surface area contributed by atoms with E-state index in [4.69, 9.17) is 5.11 Å². The van der Waals surface area contributed by atoms with Gasteiger partial charge in [0.25, 0.3) is 0 Å². The lowest BCUT2D eigenvalue weighted by Gasteiger charge is -2.44. The minimum atomic E-state index is -0.747. The smallest absolute Gasteiger partial charge is 0.317 e. The monoisotopic (exact) mass is 365 g/mol. The summed E-state index contributed by atoms with van der Waals surface area (Å²) in [4.78, 5) is 28.5. The van der Waals surface area contributed by atoms with Gasteiger partial charge in [0.15, 0.2) is 0 Å². The highest BCUT2D eigenvalue weighted by Crippen LogP contribution is 2.34. The predicted molar refractivity (Wildman–Crippen MR) is 101 cm³/mol. The van der Waals surface area contributed by atoms with E-state index in [0.717, 1.165) is 32.5 Å². The van der Waals surface area contributed by atoms with Gasteiger partial charge in [0, 0.05) is 18.6 Å². The van der Waals surface area contributed by atoms with E-state index in [-0.39, 0.29) is 24.5 Å². The van der Waals surface area contributed by atoms with Gasteiger partial charge in [0.05, 0.1) is 12.6 Å². The van der Waals surface area contributed by atoms with Crippen LogP contribution in [0.15, 0.2) is 0 Å². The molecule has 1 unspecified atom stereocenters. The lowest BCUT2D eigenvalue weighted by atomic mass is 9.84. The summed E-state index contributed by atoms with van der Waals surface area (Å²) in [6, 6.07) is 0.481. The number of nitrogens with one attached hydrogen (secondary N) is 1. The second kappa shape index (κ2) is 8.70. The van der Waals surface area contributed by atoms with E-state index in [0.29, 0.717) is 17.9 Å². The van der Waals surface area contributed by atoms with Crippen LogP contribution in [0, 0.1) is 11.8 Å². The van der Waals surface area contributed by atoms with Gasteiger partial charge in [-0.2, -0.15) is 0 Å². The van der Waals surface area contributed by atoms with Gasteiger partial charge >= 0.3 is 5.97 Å². The van der Waals surface area contributed by atoms with Gasteiger partial charge in [-0.1, -0.05) is 20.3 Å². The maximum absolute atomic E-state index is 12.9. The van der Waals surface area contributed by atoms with Crippen LogP contribution in [0.5, 0.6) is 0 Å². The minimum Gasteiger partial charge on any atom is -0.480 e. The van der Waals surface area contributed by atoms with Crippen LogP contribution in [0.3, 0.4) is 0 Å². The van der Waals surface area contributed by atoms with Gasteiger partial charge < -0.3 is 10.4 Å². The zero-order chi connectivity index (χ0) is 18.7. The van der Waals surface area contributed by atoms with E-state index in [1.807, 2.05) is 0 Å². The summed E-state index contributed by atoms with van der Waals surface area (Å²) in [5, 5.41) is 12.4. The Hall–Kier alpha value is -1.14. The maximum atomic E-state index is 12.9. The number of likely N-dealkylation sites (tertiary alicyclic amines) is 1. The number of rotatable bonds is 9. The van der Waals surface area contributed by atoms with Gasteiger partial charge in [-0.05, 0) is 63.5 Å². The molecule has 2 saturated carbocycles. The molecule has 3 aliphatic rings. The normalized spacial score (nSPS) is 28.0. The number of carbonyl (C=O) groups excluding carboxylic acids is 1. The molecule has 2 aliphatic carbocycles. The Bertz CT molecular complexity index is 495. The number of hydrogen-bond acceptors (Lipinski definition) is 4. The highest BCUT2D eigenvalue weighted by molar-refractivity contribution is 5.82. The Morgan fingerprint density at radius 2 is 1.81 bits per heavy atom. The lowest BCUT2D eigenvalue weighted by molar-refractivity contribution is -0.140. The molecule has 26 heavy (non-hydrogen) atoms. The van der Waals surface area contributed by atoms with Crippen molar-refractivity contribution in [3.8, 4) is 0 Å². The molecule has 0 spiro atoms. The first-order chi connectivity index (χ1) is 12.4. The Labute approximate surface area is 157 Å². The van der Waals surface area contributed by atoms with Crippen molar-refractivity contribution in [1.29, 1.82) is 0 Å². The van der Waals surface area contributed by atoms with Crippen LogP contribution in [0.1, 0.15) is 58.8 Å². The third-order valence-corrected chi connectivity index (χ3v) is 6.19. The minimum absolute atomic E-state index is 0.0315. The van der Waals surface area contributed by atoms with Gasteiger partial charge in [-0.3, -0.25) is 19.4 Å². The van der Waals surface area contributed by atoms with E-state index >= 15 is 0 Å². The summed E-state index contributed by atoms with van der Waals surface area (Å²) < 4.78 is 0. The molecule has 1 amide bonds. The summed E-state index contributed by atoms with van der Waals surface area (Å²) in [7, 11) is 0. The highest BCUT2D eigenvalue weighted by atomic mass is 16.4. The summed E-state index contributed by atoms with van der Waals surface area (Å²) in [5.74, 6) is 0.412. The zero-order valence-electron chi connectivity index (χ0n) is 16.3. The van der Waals surface area contributed by atoms with E-state index in [1.54, 1.807) is 0 Å². The molecule has 1 aliphatic heterocycles. The standard InChI is InChI=1S/C20H35N3O3/c1-14(2)19(22-8-4-3-5-9-22)20(26)21-16-10-17(11-16)23(13-18(24)25)12-15-6-7-15/h14-17,19H,3-13H2,1-2H3,(H,21,26)(H,24,25). The molecule has 1 saturated heterocycles. The summed E-state index contributed by atoms with van der Waals surface area (Å²) >= 11 is 0. The van der Waals surface area contributed by atoms with E-state index in [2.05, 4.69) is 29.0 Å². The first-order valence-electron chi connectivity index (χ1n) is 10.4. The second-order valence-corrected chi connectivity index (χ2v) is 8.88. The fourth-order valence-corrected chi connectivity index (χ4v) is 4.53. The second-order valence-electron chi connectivity index (χ2n) is 8.88. The van der Waals surface area contributed by atoms with Gasteiger partial charge in [-0.15, -0.1) is 0 Å². The van der Waals surface area contributed by atoms with Crippen molar-refractivity contribution in [2.45, 2.75) is 76.9 Å². The molecule has 0 bridgehead atoms. The topological polar surface area (TPSA) is 72.9 Å². The largest absolute Gasteiger partial charge is 0.480 e. The van der Waals surface area contributed by atoms with Gasteiger partial charge in [0.2, 0.25) is 5.91 Å². The number of aliphatic carboxylic acids is 1. The Kier molecular flexibility index (Phi) is 6.56. The van der Waals surface area contributed by atoms with Crippen molar-refractivity contribution in [3.63, 3.8) is 0 Å². The van der Waals surface area contributed by atoms with Crippen LogP contribution in [0.25, 0.3) is 0 Å². The average molecular weight is 366 g/mol. The van der Waals surface area contributed by atoms with Crippen LogP contribution >= 0.6 is 0 Å². The molecule has 1 atom stereocenters. The number of carboxylic acid groups (broad SMARTS) is 1. The van der Waals surface area contributed by atoms with Crippen LogP contribution in [-0.2, 0) is 9.59 Å². The number of hydrogen-bond donors (Lipinski definition) is 2. The molecular formula is C20H35N3O3. The average Bonchev–Trinajstić information content (AvgIpc) is 3.34. The van der Waals surface area contributed by atoms with Gasteiger partial charge in [-0.25, -0.2) is 0 Å². The molecule has 3 rings (SSSR count). The first-order valence-corrected chi connectivity index (χ1v) is 10.4. The quantitative estimate of drug-likeness (QED) is 0.653. The number of carboxylic acids is 1. The number of piperidine rings is 1. The van der Waals surface area contributed by atoms with Crippen molar-refractivity contribution >= 4 is 11.9 Å². The van der Waals surface area contributed by atoms with Crippen LogP contribution in [0.4, 0.5) is 0 Å². The fourth-order valence-electron chi connectivity index (χ4n) is 4.53. The summed E-state index contributed by atoms with van der Waals surface area (Å²) in [6.07, 6.45) is 7.88. The number of nitrogens with zero attached hydrogens (tertiary/aromatic N) is 2. The highest BCUT2D eigenvalue weighted by Gasteiger charge is 2.39. The SMILES string of the molecule is CC(C)C(C(=O)NC1CC(N(CC(=O)O)CC2CC2)C1)N1CCCCC1. The third kappa shape index (κ3) is 5.19. The Morgan fingerprint density at radius 1 is 1.15 bits per heavy atom. The van der Waals surface area contributed by atoms with Crippen molar-refractivity contribution in [2.75, 3.05) is 26.2 Å². The van der Waals surface area contributed by atoms with Crippen LogP contribution in [-0.4, -0.2) is 71.1 Å².